The van der Waals surface area contributed by atoms with Crippen molar-refractivity contribution in [2.24, 2.45) is 5.14 Å². The molecule has 0 saturated carbocycles. The number of anilines is 1. The lowest BCUT2D eigenvalue weighted by Gasteiger charge is -2.29. The van der Waals surface area contributed by atoms with Gasteiger partial charge in [0, 0.05) is 0 Å². The zero-order valence-electron chi connectivity index (χ0n) is 17.3. The second-order valence-corrected chi connectivity index (χ2v) is 10.8. The number of halogens is 1. The number of sulfonamides is 2. The molecule has 1 atom stereocenters. The average Bonchev–Trinajstić information content (AvgIpc) is 2.76. The maximum absolute atomic E-state index is 12.8. The first-order valence-corrected chi connectivity index (χ1v) is 13.0. The Hall–Kier alpha value is -2.83. The summed E-state index contributed by atoms with van der Waals surface area (Å²) < 4.78 is 62.9. The molecule has 0 bridgehead atoms. The molecule has 0 radical (unpaired) electrons. The number of benzene rings is 3. The molecule has 174 valence electrons. The van der Waals surface area contributed by atoms with Gasteiger partial charge in [-0.15, -0.1) is 0 Å². The summed E-state index contributed by atoms with van der Waals surface area (Å²) in [7, 11) is -6.80. The maximum Gasteiger partial charge on any atom is 0.244 e. The molecule has 0 unspecified atom stereocenters. The molecule has 0 fully saturated rings. The largest absolute Gasteiger partial charge is 0.493 e. The summed E-state index contributed by atoms with van der Waals surface area (Å²) >= 11 is 6.04. The summed E-state index contributed by atoms with van der Waals surface area (Å²) in [5.74, 6) is 0.905. The first-order chi connectivity index (χ1) is 15.6. The van der Waals surface area contributed by atoms with Crippen LogP contribution >= 0.6 is 11.6 Å². The summed E-state index contributed by atoms with van der Waals surface area (Å²) in [4.78, 5) is -0.753. The highest BCUT2D eigenvalue weighted by Crippen LogP contribution is 2.38. The van der Waals surface area contributed by atoms with Crippen LogP contribution in [0.25, 0.3) is 0 Å². The number of nitrogens with two attached hydrogens (primary N) is 1. The highest BCUT2D eigenvalue weighted by molar-refractivity contribution is 7.90. The van der Waals surface area contributed by atoms with Crippen LogP contribution in [0.1, 0.15) is 17.3 Å². The molecular formula is C21H20ClN3O6S2. The van der Waals surface area contributed by atoms with Gasteiger partial charge < -0.3 is 14.8 Å². The van der Waals surface area contributed by atoms with Gasteiger partial charge in [0.1, 0.15) is 22.6 Å². The van der Waals surface area contributed by atoms with Crippen molar-refractivity contribution in [3.8, 4) is 11.5 Å². The van der Waals surface area contributed by atoms with Crippen LogP contribution < -0.4 is 24.7 Å². The number of fused-ring (bicyclic) bond motifs is 1. The van der Waals surface area contributed by atoms with Crippen LogP contribution in [0.5, 0.6) is 11.5 Å². The Balaban J connectivity index is 1.63. The lowest BCUT2D eigenvalue weighted by Crippen LogP contribution is -2.38. The van der Waals surface area contributed by atoms with Crippen LogP contribution in [0.3, 0.4) is 0 Å². The van der Waals surface area contributed by atoms with Gasteiger partial charge >= 0.3 is 0 Å². The molecule has 0 saturated heterocycles. The maximum atomic E-state index is 12.8. The van der Waals surface area contributed by atoms with Crippen molar-refractivity contribution in [3.63, 3.8) is 0 Å². The smallest absolute Gasteiger partial charge is 0.244 e. The van der Waals surface area contributed by atoms with Gasteiger partial charge in [0.25, 0.3) is 0 Å². The molecule has 12 heteroatoms. The Bertz CT molecular complexity index is 1410. The molecule has 0 amide bonds. The second-order valence-electron chi connectivity index (χ2n) is 7.21. The lowest BCUT2D eigenvalue weighted by atomic mass is 10.1. The molecule has 4 rings (SSSR count). The number of hydrogen-bond donors (Lipinski definition) is 3. The minimum Gasteiger partial charge on any atom is -0.493 e. The van der Waals surface area contributed by atoms with E-state index in [-0.39, 0.29) is 15.6 Å². The fourth-order valence-electron chi connectivity index (χ4n) is 3.36. The van der Waals surface area contributed by atoms with Crippen molar-refractivity contribution in [3.05, 3.63) is 76.8 Å². The van der Waals surface area contributed by atoms with E-state index in [1.807, 2.05) is 30.3 Å². The van der Waals surface area contributed by atoms with E-state index >= 15 is 0 Å². The van der Waals surface area contributed by atoms with E-state index in [4.69, 9.17) is 26.2 Å². The van der Waals surface area contributed by atoms with Crippen LogP contribution in [-0.2, 0) is 26.7 Å². The van der Waals surface area contributed by atoms with Crippen LogP contribution in [0, 0.1) is 0 Å². The van der Waals surface area contributed by atoms with Gasteiger partial charge in [-0.2, -0.15) is 4.72 Å². The predicted molar refractivity (Wildman–Crippen MR) is 123 cm³/mol. The summed E-state index contributed by atoms with van der Waals surface area (Å²) in [6.07, 6.45) is -0.865. The molecule has 1 aliphatic heterocycles. The lowest BCUT2D eigenvalue weighted by molar-refractivity contribution is 0.284. The minimum absolute atomic E-state index is 0.138. The number of methoxy groups -OCH3 is 1. The van der Waals surface area contributed by atoms with Crippen LogP contribution in [0.15, 0.2) is 70.5 Å². The van der Waals surface area contributed by atoms with E-state index < -0.39 is 31.1 Å². The first-order valence-electron chi connectivity index (χ1n) is 9.58. The van der Waals surface area contributed by atoms with E-state index in [1.54, 1.807) is 18.2 Å². The topological polar surface area (TPSA) is 137 Å². The molecule has 3 aromatic rings. The van der Waals surface area contributed by atoms with Crippen LogP contribution in [0.4, 0.5) is 5.69 Å². The fourth-order valence-corrected chi connectivity index (χ4v) is 5.85. The summed E-state index contributed by atoms with van der Waals surface area (Å²) in [5.41, 5.74) is 1.66. The van der Waals surface area contributed by atoms with Crippen LogP contribution in [-0.4, -0.2) is 23.9 Å². The molecule has 1 aliphatic rings. The quantitative estimate of drug-likeness (QED) is 0.464. The summed E-state index contributed by atoms with van der Waals surface area (Å²) in [6.45, 7) is 0.336. The van der Waals surface area contributed by atoms with E-state index in [1.165, 1.54) is 13.2 Å². The predicted octanol–water partition coefficient (Wildman–Crippen LogP) is 2.98. The highest BCUT2D eigenvalue weighted by Gasteiger charge is 2.33. The number of primary sulfonamides is 1. The van der Waals surface area contributed by atoms with Crippen molar-refractivity contribution in [1.82, 2.24) is 4.72 Å². The third-order valence-electron chi connectivity index (χ3n) is 4.96. The number of nitrogens with one attached hydrogen (secondary N) is 2. The van der Waals surface area contributed by atoms with E-state index in [9.17, 15) is 16.8 Å². The molecule has 3 aromatic carbocycles. The van der Waals surface area contributed by atoms with Gasteiger partial charge in [-0.25, -0.2) is 22.0 Å². The molecule has 0 aliphatic carbocycles. The monoisotopic (exact) mass is 509 g/mol. The molecule has 4 N–H and O–H groups in total. The summed E-state index contributed by atoms with van der Waals surface area (Å²) in [6, 6.07) is 16.8. The van der Waals surface area contributed by atoms with Crippen LogP contribution in [0.2, 0.25) is 5.02 Å². The van der Waals surface area contributed by atoms with Crippen molar-refractivity contribution in [1.29, 1.82) is 0 Å². The molecule has 33 heavy (non-hydrogen) atoms. The van der Waals surface area contributed by atoms with Crippen molar-refractivity contribution >= 4 is 37.3 Å². The van der Waals surface area contributed by atoms with E-state index in [2.05, 4.69) is 10.0 Å². The van der Waals surface area contributed by atoms with Gasteiger partial charge in [0.05, 0.1) is 17.8 Å². The SMILES string of the molecule is COc1cc([C@H]2Nc3cc(Cl)c(S(N)(=O)=O)cc3S(=O)(=O)N2)ccc1OCc1ccccc1. The first kappa shape index (κ1) is 23.3. The Morgan fingerprint density at radius 3 is 2.45 bits per heavy atom. The van der Waals surface area contributed by atoms with Crippen molar-refractivity contribution in [2.45, 2.75) is 22.6 Å². The molecule has 0 spiro atoms. The minimum atomic E-state index is -4.20. The van der Waals surface area contributed by atoms with Gasteiger partial charge in [0.2, 0.25) is 20.0 Å². The van der Waals surface area contributed by atoms with Gasteiger partial charge in [-0.3, -0.25) is 0 Å². The third kappa shape index (κ3) is 4.92. The highest BCUT2D eigenvalue weighted by atomic mass is 35.5. The summed E-state index contributed by atoms with van der Waals surface area (Å²) in [5, 5.41) is 7.95. The zero-order chi connectivity index (χ0) is 23.8. The normalized spacial score (nSPS) is 17.0. The molecule has 1 heterocycles. The number of ether oxygens (including phenoxy) is 2. The Morgan fingerprint density at radius 2 is 1.79 bits per heavy atom. The van der Waals surface area contributed by atoms with E-state index in [0.29, 0.717) is 23.7 Å². The van der Waals surface area contributed by atoms with Gasteiger partial charge in [0.15, 0.2) is 11.5 Å². The van der Waals surface area contributed by atoms with Crippen molar-refractivity contribution < 1.29 is 26.3 Å². The fraction of sp³-hybridized carbons (Fsp3) is 0.143. The molecular weight excluding hydrogens is 490 g/mol. The van der Waals surface area contributed by atoms with E-state index in [0.717, 1.165) is 11.6 Å². The zero-order valence-corrected chi connectivity index (χ0v) is 19.7. The number of rotatable bonds is 6. The Morgan fingerprint density at radius 1 is 1.06 bits per heavy atom. The van der Waals surface area contributed by atoms with Crippen molar-refractivity contribution in [2.75, 3.05) is 12.4 Å². The molecule has 9 nitrogen and oxygen atoms in total. The second kappa shape index (κ2) is 8.84. The average molecular weight is 510 g/mol. The Kier molecular flexibility index (Phi) is 6.25. The molecule has 0 aromatic heterocycles. The van der Waals surface area contributed by atoms with Gasteiger partial charge in [-0.1, -0.05) is 48.0 Å². The third-order valence-corrected chi connectivity index (χ3v) is 7.80. The number of hydrogen-bond acceptors (Lipinski definition) is 7. The Labute approximate surface area is 196 Å². The van der Waals surface area contributed by atoms with Gasteiger partial charge in [-0.05, 0) is 35.4 Å². The standard InChI is InChI=1S/C21H20ClN3O6S2/c1-30-18-9-14(7-8-17(18)31-12-13-5-3-2-4-6-13)21-24-16-10-15(22)19(32(23,26)27)11-20(16)33(28,29)25-21/h2-11,21,24-25H,12H2,1H3,(H2,23,26,27)/t21-/m0/s1.